The van der Waals surface area contributed by atoms with Crippen molar-refractivity contribution in [2.45, 2.75) is 46.6 Å². The summed E-state index contributed by atoms with van der Waals surface area (Å²) < 4.78 is 41.0. The maximum absolute atomic E-state index is 13.6. The highest BCUT2D eigenvalue weighted by Crippen LogP contribution is 2.78. The van der Waals surface area contributed by atoms with E-state index in [2.05, 4.69) is 4.31 Å². The summed E-state index contributed by atoms with van der Waals surface area (Å²) in [5.41, 5.74) is -4.12. The fraction of sp³-hybridized carbons (Fsp3) is 0.857. The number of rotatable bonds is 10. The predicted octanol–water partition coefficient (Wildman–Crippen LogP) is 6.90. The zero-order chi connectivity index (χ0) is 23.9. The van der Waals surface area contributed by atoms with Crippen LogP contribution in [0, 0.1) is 0 Å². The van der Waals surface area contributed by atoms with Gasteiger partial charge in [-0.1, -0.05) is 23.2 Å². The minimum absolute atomic E-state index is 0.0734. The molecule has 4 atom stereocenters. The summed E-state index contributed by atoms with van der Waals surface area (Å²) in [5, 5.41) is -0.532. The fourth-order valence-electron chi connectivity index (χ4n) is 4.17. The molecule has 2 N–H and O–H groups in total. The first-order chi connectivity index (χ1) is 14.2. The lowest BCUT2D eigenvalue weighted by Crippen LogP contribution is -2.73. The van der Waals surface area contributed by atoms with Crippen LogP contribution in [-0.2, 0) is 22.5 Å². The van der Waals surface area contributed by atoms with Crippen LogP contribution in [0.2, 0.25) is 0 Å². The van der Waals surface area contributed by atoms with E-state index in [4.69, 9.17) is 102 Å². The lowest BCUT2D eigenvalue weighted by atomic mass is 9.60. The minimum Gasteiger partial charge on any atom is -0.302 e. The average Bonchev–Trinajstić information content (AvgIpc) is 2.72. The third-order valence-corrected chi connectivity index (χ3v) is 11.6. The van der Waals surface area contributed by atoms with Gasteiger partial charge in [-0.15, -0.1) is 69.6 Å². The van der Waals surface area contributed by atoms with E-state index in [1.54, 1.807) is 0 Å². The van der Waals surface area contributed by atoms with Crippen LogP contribution in [0.1, 0.15) is 25.7 Å². The second-order valence-electron chi connectivity index (χ2n) is 6.84. The maximum atomic E-state index is 13.6. The second-order valence-corrected chi connectivity index (χ2v) is 13.3. The van der Waals surface area contributed by atoms with Crippen molar-refractivity contribution in [2.75, 3.05) is 23.5 Å². The maximum Gasteiger partial charge on any atom is 0.485 e. The monoisotopic (exact) mass is 640 g/mol. The summed E-state index contributed by atoms with van der Waals surface area (Å²) in [6, 6.07) is 0. The van der Waals surface area contributed by atoms with Gasteiger partial charge in [0, 0.05) is 23.5 Å². The van der Waals surface area contributed by atoms with E-state index >= 15 is 0 Å². The molecule has 1 fully saturated rings. The molecule has 4 unspecified atom stereocenters. The molecule has 0 aromatic heterocycles. The van der Waals surface area contributed by atoms with Gasteiger partial charge in [0.25, 0.3) is 0 Å². The molecule has 7 nitrogen and oxygen atoms in total. The largest absolute Gasteiger partial charge is 0.485 e. The van der Waals surface area contributed by atoms with E-state index in [9.17, 15) is 18.9 Å². The van der Waals surface area contributed by atoms with Crippen molar-refractivity contribution in [3.05, 3.63) is 10.1 Å². The van der Waals surface area contributed by atoms with Crippen LogP contribution >= 0.6 is 108 Å². The van der Waals surface area contributed by atoms with Crippen LogP contribution in [-0.4, -0.2) is 54.3 Å². The molecule has 3 aliphatic rings. The number of phosphoric ester groups is 1. The van der Waals surface area contributed by atoms with Crippen molar-refractivity contribution in [1.29, 1.82) is 0 Å². The standard InChI is InChI=1S/C14H18Cl8O7P2/c15-5-1-11-9(19)10(20)12(2-6-16,28-31(26,27-11)29-30(23,24)25)14(22,4-8-18)13(11,21)3-7-17/h1-8H2,(H2,23,24,25). The van der Waals surface area contributed by atoms with Crippen molar-refractivity contribution in [2.24, 2.45) is 0 Å². The van der Waals surface area contributed by atoms with Crippen molar-refractivity contribution in [1.82, 2.24) is 0 Å². The number of hydrogen-bond acceptors (Lipinski definition) is 5. The van der Waals surface area contributed by atoms with Gasteiger partial charge >= 0.3 is 15.6 Å². The van der Waals surface area contributed by atoms with Crippen LogP contribution in [0.5, 0.6) is 0 Å². The zero-order valence-electron chi connectivity index (χ0n) is 15.5. The van der Waals surface area contributed by atoms with Crippen LogP contribution in [0.4, 0.5) is 0 Å². The lowest BCUT2D eigenvalue weighted by Gasteiger charge is -2.60. The summed E-state index contributed by atoms with van der Waals surface area (Å²) in [7, 11) is -10.6. The molecule has 31 heavy (non-hydrogen) atoms. The molecule has 1 aliphatic carbocycles. The Kier molecular flexibility index (Phi) is 9.88. The third-order valence-electron chi connectivity index (χ3n) is 5.32. The molecule has 17 heteroatoms. The van der Waals surface area contributed by atoms with Gasteiger partial charge in [0.2, 0.25) is 0 Å². The number of fused-ring (bicyclic) bond motifs is 3. The highest BCUT2D eigenvalue weighted by atomic mass is 35.5. The molecule has 2 heterocycles. The van der Waals surface area contributed by atoms with Crippen molar-refractivity contribution in [3.63, 3.8) is 0 Å². The first-order valence-electron chi connectivity index (χ1n) is 8.64. The van der Waals surface area contributed by atoms with E-state index in [1.807, 2.05) is 0 Å². The molecular weight excluding hydrogens is 626 g/mol. The Hall–Kier alpha value is 2.32. The molecule has 0 saturated carbocycles. The van der Waals surface area contributed by atoms with E-state index in [1.165, 1.54) is 0 Å². The Labute approximate surface area is 219 Å². The van der Waals surface area contributed by atoms with Gasteiger partial charge in [0.05, 0.1) is 10.1 Å². The molecule has 2 aliphatic heterocycles. The Balaban J connectivity index is 3.03. The van der Waals surface area contributed by atoms with Crippen molar-refractivity contribution < 1.29 is 32.3 Å². The Morgan fingerprint density at radius 2 is 1.13 bits per heavy atom. The van der Waals surface area contributed by atoms with Gasteiger partial charge in [-0.3, -0.25) is 9.05 Å². The summed E-state index contributed by atoms with van der Waals surface area (Å²) >= 11 is 51.6. The average molecular weight is 644 g/mol. The fourth-order valence-corrected chi connectivity index (χ4v) is 10.6. The highest BCUT2D eigenvalue weighted by molar-refractivity contribution is 7.61. The Bertz CT molecular complexity index is 776. The van der Waals surface area contributed by atoms with Gasteiger partial charge in [-0.2, -0.15) is 4.31 Å². The molecular formula is C14H18Cl8O7P2. The molecule has 0 radical (unpaired) electrons. The van der Waals surface area contributed by atoms with Gasteiger partial charge in [-0.05, 0) is 25.7 Å². The minimum atomic E-state index is -5.42. The SMILES string of the molecule is O=P(O)(O)OP1(=O)OC2(CCCl)C(Cl)=C(Cl)C(CCCl)(O1)C(Cl)(CCCl)C2(Cl)CCCl. The first-order valence-corrected chi connectivity index (χ1v) is 15.3. The molecule has 2 bridgehead atoms. The molecule has 0 spiro atoms. The molecule has 3 rings (SSSR count). The quantitative estimate of drug-likeness (QED) is 0.197. The van der Waals surface area contributed by atoms with Crippen molar-refractivity contribution in [3.8, 4) is 0 Å². The van der Waals surface area contributed by atoms with Crippen LogP contribution in [0.25, 0.3) is 0 Å². The predicted molar refractivity (Wildman–Crippen MR) is 126 cm³/mol. The first kappa shape index (κ1) is 29.5. The number of phosphoric acid groups is 2. The third kappa shape index (κ3) is 4.72. The Morgan fingerprint density at radius 3 is 1.39 bits per heavy atom. The number of alkyl halides is 6. The van der Waals surface area contributed by atoms with Crippen LogP contribution < -0.4 is 0 Å². The van der Waals surface area contributed by atoms with E-state index in [-0.39, 0.29) is 59.3 Å². The summed E-state index contributed by atoms with van der Waals surface area (Å²) in [6.07, 6.45) is -0.681. The molecule has 1 saturated heterocycles. The van der Waals surface area contributed by atoms with Gasteiger partial charge in [0.1, 0.15) is 21.0 Å². The summed E-state index contributed by atoms with van der Waals surface area (Å²) in [5.74, 6) is -0.473. The van der Waals surface area contributed by atoms with Gasteiger partial charge in [0.15, 0.2) is 0 Å². The normalized spacial score (nSPS) is 41.0. The van der Waals surface area contributed by atoms with E-state index in [0.29, 0.717) is 0 Å². The molecule has 0 amide bonds. The zero-order valence-corrected chi connectivity index (χ0v) is 23.3. The smallest absolute Gasteiger partial charge is 0.302 e. The summed E-state index contributed by atoms with van der Waals surface area (Å²) in [6.45, 7) is 0. The number of hydrogen-bond donors (Lipinski definition) is 2. The van der Waals surface area contributed by atoms with Crippen molar-refractivity contribution >= 4 is 108 Å². The Morgan fingerprint density at radius 1 is 0.806 bits per heavy atom. The molecule has 0 aromatic rings. The molecule has 0 aromatic carbocycles. The van der Waals surface area contributed by atoms with Gasteiger partial charge < -0.3 is 9.79 Å². The van der Waals surface area contributed by atoms with E-state index < -0.39 is 36.6 Å². The topological polar surface area (TPSA) is 102 Å². The van der Waals surface area contributed by atoms with E-state index in [0.717, 1.165) is 0 Å². The lowest BCUT2D eigenvalue weighted by molar-refractivity contribution is 0.0125. The summed E-state index contributed by atoms with van der Waals surface area (Å²) in [4.78, 5) is 15.1. The second kappa shape index (κ2) is 10.4. The van der Waals surface area contributed by atoms with Crippen LogP contribution in [0.15, 0.2) is 10.1 Å². The molecule has 182 valence electrons. The van der Waals surface area contributed by atoms with Gasteiger partial charge in [-0.25, -0.2) is 9.13 Å². The number of halogens is 8. The van der Waals surface area contributed by atoms with Crippen LogP contribution in [0.3, 0.4) is 0 Å². The highest BCUT2D eigenvalue weighted by Gasteiger charge is 2.80.